The fourth-order valence-corrected chi connectivity index (χ4v) is 5.26. The molecule has 0 fully saturated rings. The summed E-state index contributed by atoms with van der Waals surface area (Å²) in [7, 11) is -4.67. The second-order valence-corrected chi connectivity index (χ2v) is 11.7. The minimum absolute atomic E-state index is 0.0542. The molecule has 0 saturated heterocycles. The number of carbonyl (C=O) groups is 1. The van der Waals surface area contributed by atoms with Gasteiger partial charge in [-0.25, -0.2) is 21.1 Å². The molecule has 1 atom stereocenters. The Morgan fingerprint density at radius 1 is 1.03 bits per heavy atom. The van der Waals surface area contributed by atoms with Gasteiger partial charge in [0.15, 0.2) is 0 Å². The average Bonchev–Trinajstić information content (AvgIpc) is 2.75. The first-order chi connectivity index (χ1) is 14.6. The molecule has 2 aromatic rings. The summed E-state index contributed by atoms with van der Waals surface area (Å²) in [5.74, 6) is -0.178. The van der Waals surface area contributed by atoms with Crippen LogP contribution in [0.15, 0.2) is 64.4 Å². The molecule has 0 saturated carbocycles. The molecule has 0 aliphatic rings. The highest BCUT2D eigenvalue weighted by Crippen LogP contribution is 2.16. The maximum absolute atomic E-state index is 12.6. The average molecular weight is 487 g/mol. The second kappa shape index (κ2) is 11.1. The van der Waals surface area contributed by atoms with Crippen molar-refractivity contribution in [2.45, 2.75) is 28.9 Å². The number of benzene rings is 2. The summed E-state index contributed by atoms with van der Waals surface area (Å²) in [4.78, 5) is 12.8. The van der Waals surface area contributed by atoms with Crippen molar-refractivity contribution < 1.29 is 26.4 Å². The molecule has 0 bridgehead atoms. The molecule has 2 aromatic carbocycles. The summed E-state index contributed by atoms with van der Waals surface area (Å²) < 4.78 is 58.6. The van der Waals surface area contributed by atoms with Crippen molar-refractivity contribution in [3.8, 4) is 0 Å². The molecule has 0 aromatic heterocycles. The van der Waals surface area contributed by atoms with Gasteiger partial charge in [-0.3, -0.25) is 4.79 Å². The van der Waals surface area contributed by atoms with Gasteiger partial charge >= 0.3 is 5.97 Å². The number of hydrogen-bond acceptors (Lipinski definition) is 7. The number of sulfonamides is 2. The number of thioether (sulfide) groups is 1. The van der Waals surface area contributed by atoms with Gasteiger partial charge < -0.3 is 4.74 Å². The Bertz CT molecular complexity index is 1090. The first-order valence-electron chi connectivity index (χ1n) is 9.32. The third-order valence-corrected chi connectivity index (χ3v) is 8.25. The van der Waals surface area contributed by atoms with Crippen molar-refractivity contribution in [1.29, 1.82) is 0 Å². The van der Waals surface area contributed by atoms with Gasteiger partial charge in [-0.1, -0.05) is 30.3 Å². The van der Waals surface area contributed by atoms with Crippen molar-refractivity contribution in [3.63, 3.8) is 0 Å². The quantitative estimate of drug-likeness (QED) is 0.484. The van der Waals surface area contributed by atoms with Crippen molar-refractivity contribution in [2.24, 2.45) is 0 Å². The fourth-order valence-electron chi connectivity index (χ4n) is 2.58. The van der Waals surface area contributed by atoms with Gasteiger partial charge in [-0.2, -0.15) is 16.5 Å². The Labute approximate surface area is 188 Å². The largest absolute Gasteiger partial charge is 0.460 e. The summed E-state index contributed by atoms with van der Waals surface area (Å²) in [6.07, 6.45) is 2.10. The number of rotatable bonds is 11. The van der Waals surface area contributed by atoms with E-state index in [-0.39, 0.29) is 22.8 Å². The normalized spacial score (nSPS) is 13.2. The maximum Gasteiger partial charge on any atom is 0.324 e. The van der Waals surface area contributed by atoms with E-state index in [1.807, 2.05) is 6.26 Å². The summed E-state index contributed by atoms with van der Waals surface area (Å²) >= 11 is 1.48. The van der Waals surface area contributed by atoms with Crippen molar-refractivity contribution >= 4 is 37.8 Å². The lowest BCUT2D eigenvalue weighted by Gasteiger charge is -2.18. The van der Waals surface area contributed by atoms with Crippen molar-refractivity contribution in [2.75, 3.05) is 26.1 Å². The van der Waals surface area contributed by atoms with Crippen LogP contribution >= 0.6 is 11.8 Å². The van der Waals surface area contributed by atoms with Gasteiger partial charge in [-0.15, -0.1) is 0 Å². The molecule has 8 nitrogen and oxygen atoms in total. The van der Waals surface area contributed by atoms with E-state index < -0.39 is 32.1 Å². The molecule has 0 spiro atoms. The molecule has 0 heterocycles. The minimum atomic E-state index is -3.90. The van der Waals surface area contributed by atoms with Crippen LogP contribution in [-0.2, 0) is 36.2 Å². The fraction of sp³-hybridized carbons (Fsp3) is 0.350. The molecule has 170 valence electrons. The predicted molar refractivity (Wildman–Crippen MR) is 121 cm³/mol. The van der Waals surface area contributed by atoms with Gasteiger partial charge in [-0.05, 0) is 48.3 Å². The smallest absolute Gasteiger partial charge is 0.324 e. The van der Waals surface area contributed by atoms with E-state index in [4.69, 9.17) is 4.74 Å². The predicted octanol–water partition coefficient (Wildman–Crippen LogP) is 2.08. The molecule has 0 aliphatic carbocycles. The topological polar surface area (TPSA) is 110 Å². The highest BCUT2D eigenvalue weighted by molar-refractivity contribution is 7.98. The molecule has 0 amide bonds. The summed E-state index contributed by atoms with van der Waals surface area (Å²) in [6.45, 7) is -0.182. The number of ether oxygens (including phenoxy) is 1. The van der Waals surface area contributed by atoms with E-state index in [1.54, 1.807) is 30.3 Å². The number of esters is 1. The zero-order chi connectivity index (χ0) is 23.1. The van der Waals surface area contributed by atoms with Crippen molar-refractivity contribution in [1.82, 2.24) is 9.03 Å². The van der Waals surface area contributed by atoms with E-state index in [1.165, 1.54) is 50.1 Å². The van der Waals surface area contributed by atoms with Crippen LogP contribution in [0, 0.1) is 0 Å². The highest BCUT2D eigenvalue weighted by Gasteiger charge is 2.27. The van der Waals surface area contributed by atoms with Gasteiger partial charge in [0.1, 0.15) is 12.6 Å². The first kappa shape index (κ1) is 25.3. The van der Waals surface area contributed by atoms with E-state index in [0.717, 1.165) is 4.31 Å². The Morgan fingerprint density at radius 3 is 2.29 bits per heavy atom. The van der Waals surface area contributed by atoms with Crippen LogP contribution in [0.4, 0.5) is 0 Å². The molecule has 0 radical (unpaired) electrons. The molecule has 2 rings (SSSR count). The van der Waals surface area contributed by atoms with Crippen LogP contribution in [0.2, 0.25) is 0 Å². The Balaban J connectivity index is 2.13. The first-order valence-corrected chi connectivity index (χ1v) is 13.6. The number of nitrogens with zero attached hydrogens (tertiary/aromatic N) is 1. The Morgan fingerprint density at radius 2 is 1.68 bits per heavy atom. The molecular formula is C20H26N2O6S3. The van der Waals surface area contributed by atoms with Crippen LogP contribution in [0.5, 0.6) is 0 Å². The molecule has 1 unspecified atom stereocenters. The van der Waals surface area contributed by atoms with Gasteiger partial charge in [0, 0.05) is 14.1 Å². The monoisotopic (exact) mass is 486 g/mol. The van der Waals surface area contributed by atoms with Gasteiger partial charge in [0.25, 0.3) is 0 Å². The third kappa shape index (κ3) is 7.04. The van der Waals surface area contributed by atoms with Crippen LogP contribution in [0.1, 0.15) is 12.0 Å². The van der Waals surface area contributed by atoms with Crippen LogP contribution < -0.4 is 4.72 Å². The molecular weight excluding hydrogens is 460 g/mol. The minimum Gasteiger partial charge on any atom is -0.460 e. The summed E-state index contributed by atoms with van der Waals surface area (Å²) in [6, 6.07) is 12.8. The third-order valence-electron chi connectivity index (χ3n) is 4.30. The van der Waals surface area contributed by atoms with E-state index in [2.05, 4.69) is 4.72 Å². The summed E-state index contributed by atoms with van der Waals surface area (Å²) in [5, 5.41) is 0. The van der Waals surface area contributed by atoms with E-state index in [9.17, 15) is 21.6 Å². The second-order valence-electron chi connectivity index (χ2n) is 6.81. The zero-order valence-electron chi connectivity index (χ0n) is 17.5. The number of nitrogens with one attached hydrogen (secondary N) is 1. The number of hydrogen-bond donors (Lipinski definition) is 1. The van der Waals surface area contributed by atoms with Crippen LogP contribution in [0.3, 0.4) is 0 Å². The number of carbonyl (C=O) groups excluding carboxylic acids is 1. The molecule has 31 heavy (non-hydrogen) atoms. The molecule has 1 N–H and O–H groups in total. The van der Waals surface area contributed by atoms with Gasteiger partial charge in [0.2, 0.25) is 20.0 Å². The highest BCUT2D eigenvalue weighted by atomic mass is 32.2. The Hall–Kier alpha value is -1.92. The van der Waals surface area contributed by atoms with Crippen molar-refractivity contribution in [3.05, 3.63) is 60.2 Å². The Kier molecular flexibility index (Phi) is 9.07. The van der Waals surface area contributed by atoms with Crippen LogP contribution in [0.25, 0.3) is 0 Å². The lowest BCUT2D eigenvalue weighted by atomic mass is 10.2. The van der Waals surface area contributed by atoms with Crippen LogP contribution in [-0.4, -0.2) is 59.3 Å². The standard InChI is InChI=1S/C20H26N2O6S3/c1-22(2)31(26,27)18-11-7-8-16(14-18)15-28-20(23)19(12-13-29-3)21-30(24,25)17-9-5-4-6-10-17/h4-11,14,19,21H,12-13,15H2,1-3H3. The van der Waals surface area contributed by atoms with E-state index >= 15 is 0 Å². The lowest BCUT2D eigenvalue weighted by molar-refractivity contribution is -0.147. The molecule has 0 aliphatic heterocycles. The SMILES string of the molecule is CSCCC(NS(=O)(=O)c1ccccc1)C(=O)OCc1cccc(S(=O)(=O)N(C)C)c1. The summed E-state index contributed by atoms with van der Waals surface area (Å²) in [5.41, 5.74) is 0.478. The molecule has 11 heteroatoms. The zero-order valence-corrected chi connectivity index (χ0v) is 20.0. The van der Waals surface area contributed by atoms with E-state index in [0.29, 0.717) is 11.3 Å². The van der Waals surface area contributed by atoms with Gasteiger partial charge in [0.05, 0.1) is 9.79 Å². The lowest BCUT2D eigenvalue weighted by Crippen LogP contribution is -2.42. The maximum atomic E-state index is 12.6.